The molecule has 0 unspecified atom stereocenters. The predicted octanol–water partition coefficient (Wildman–Crippen LogP) is 4.17. The maximum absolute atomic E-state index is 12.1. The second-order valence-corrected chi connectivity index (χ2v) is 8.49. The summed E-state index contributed by atoms with van der Waals surface area (Å²) in [5, 5.41) is 20.4. The summed E-state index contributed by atoms with van der Waals surface area (Å²) in [5.41, 5.74) is 4.81. The molecule has 0 bridgehead atoms. The molecule has 176 valence electrons. The first-order valence-electron chi connectivity index (χ1n) is 10.8. The molecule has 0 aliphatic rings. The van der Waals surface area contributed by atoms with Gasteiger partial charge in [0.25, 0.3) is 0 Å². The average Bonchev–Trinajstić information content (AvgIpc) is 3.60. The lowest BCUT2D eigenvalue weighted by molar-refractivity contribution is 0.252. The average molecular weight is 488 g/mol. The summed E-state index contributed by atoms with van der Waals surface area (Å²) in [6, 6.07) is 3.39. The van der Waals surface area contributed by atoms with Gasteiger partial charge in [-0.3, -0.25) is 15.0 Å². The molecule has 5 rings (SSSR count). The molecule has 2 amide bonds. The van der Waals surface area contributed by atoms with Crippen LogP contribution in [0.2, 0.25) is 0 Å². The summed E-state index contributed by atoms with van der Waals surface area (Å²) >= 11 is 1.49. The van der Waals surface area contributed by atoms with E-state index in [1.165, 1.54) is 11.3 Å². The molecule has 0 saturated heterocycles. The minimum absolute atomic E-state index is 0.329. The predicted molar refractivity (Wildman–Crippen MR) is 132 cm³/mol. The SMILES string of the molecule is CCNC(=O)Nc1cc(-c2nc(-c3cnn(C)c3)cs2)c(-c2cncc(-c3nnc(C)o3)c2)cn1. The number of thiazole rings is 1. The number of anilines is 1. The van der Waals surface area contributed by atoms with Crippen LogP contribution in [0.3, 0.4) is 0 Å². The van der Waals surface area contributed by atoms with E-state index in [0.717, 1.165) is 33.0 Å². The van der Waals surface area contributed by atoms with Crippen molar-refractivity contribution in [3.8, 4) is 44.4 Å². The van der Waals surface area contributed by atoms with Crippen molar-refractivity contribution in [2.24, 2.45) is 7.05 Å². The van der Waals surface area contributed by atoms with E-state index in [1.807, 2.05) is 31.6 Å². The van der Waals surface area contributed by atoms with Gasteiger partial charge in [-0.05, 0) is 19.1 Å². The van der Waals surface area contributed by atoms with E-state index in [9.17, 15) is 4.79 Å². The Morgan fingerprint density at radius 2 is 1.94 bits per heavy atom. The third-order valence-corrected chi connectivity index (χ3v) is 5.92. The maximum Gasteiger partial charge on any atom is 0.320 e. The summed E-state index contributed by atoms with van der Waals surface area (Å²) in [5.74, 6) is 1.26. The van der Waals surface area contributed by atoms with E-state index in [4.69, 9.17) is 9.40 Å². The van der Waals surface area contributed by atoms with Gasteiger partial charge in [0, 0.05) is 72.9 Å². The van der Waals surface area contributed by atoms with Crippen LogP contribution in [0.5, 0.6) is 0 Å². The van der Waals surface area contributed by atoms with Gasteiger partial charge in [0.05, 0.1) is 17.5 Å². The number of nitrogens with zero attached hydrogens (tertiary/aromatic N) is 7. The first-order chi connectivity index (χ1) is 17.0. The van der Waals surface area contributed by atoms with Crippen LogP contribution < -0.4 is 10.6 Å². The molecule has 5 aromatic rings. The van der Waals surface area contributed by atoms with Gasteiger partial charge >= 0.3 is 6.03 Å². The highest BCUT2D eigenvalue weighted by molar-refractivity contribution is 7.13. The molecule has 0 saturated carbocycles. The van der Waals surface area contributed by atoms with Gasteiger partial charge in [-0.2, -0.15) is 5.10 Å². The highest BCUT2D eigenvalue weighted by Crippen LogP contribution is 2.37. The smallest absolute Gasteiger partial charge is 0.320 e. The van der Waals surface area contributed by atoms with Crippen molar-refractivity contribution >= 4 is 23.2 Å². The van der Waals surface area contributed by atoms with Crippen LogP contribution in [0.15, 0.2) is 52.9 Å². The first-order valence-corrected chi connectivity index (χ1v) is 11.6. The standard InChI is InChI=1S/C23H21N9O2S/c1-4-25-23(33)29-20-6-17(22-28-19(12-35-22)16-9-27-32(3)11-16)18(10-26-20)14-5-15(8-24-7-14)21-31-30-13(2)34-21/h5-12H,4H2,1-3H3,(H2,25,26,29,33). The van der Waals surface area contributed by atoms with Crippen molar-refractivity contribution in [3.63, 3.8) is 0 Å². The molecule has 0 aromatic carbocycles. The van der Waals surface area contributed by atoms with E-state index >= 15 is 0 Å². The van der Waals surface area contributed by atoms with Gasteiger partial charge in [-0.25, -0.2) is 14.8 Å². The molecule has 11 nitrogen and oxygen atoms in total. The Morgan fingerprint density at radius 3 is 2.69 bits per heavy atom. The van der Waals surface area contributed by atoms with E-state index in [2.05, 4.69) is 35.9 Å². The molecule has 35 heavy (non-hydrogen) atoms. The number of nitrogens with one attached hydrogen (secondary N) is 2. The molecule has 0 spiro atoms. The molecule has 5 aromatic heterocycles. The van der Waals surface area contributed by atoms with Crippen molar-refractivity contribution in [1.29, 1.82) is 0 Å². The molecule has 2 N–H and O–H groups in total. The lowest BCUT2D eigenvalue weighted by atomic mass is 10.0. The van der Waals surface area contributed by atoms with E-state index < -0.39 is 0 Å². The summed E-state index contributed by atoms with van der Waals surface area (Å²) in [4.78, 5) is 25.8. The van der Waals surface area contributed by atoms with Gasteiger partial charge < -0.3 is 9.73 Å². The summed E-state index contributed by atoms with van der Waals surface area (Å²) in [6.07, 6.45) is 8.78. The van der Waals surface area contributed by atoms with Crippen LogP contribution in [0, 0.1) is 6.92 Å². The Balaban J connectivity index is 1.59. The van der Waals surface area contributed by atoms with Crippen molar-refractivity contribution in [2.75, 3.05) is 11.9 Å². The third kappa shape index (κ3) is 4.77. The Morgan fingerprint density at radius 1 is 1.09 bits per heavy atom. The molecule has 0 aliphatic heterocycles. The Kier molecular flexibility index (Phi) is 6.02. The number of aryl methyl sites for hydroxylation is 2. The molecule has 0 radical (unpaired) electrons. The van der Waals surface area contributed by atoms with Gasteiger partial charge in [-0.1, -0.05) is 0 Å². The lowest BCUT2D eigenvalue weighted by Gasteiger charge is -2.11. The fourth-order valence-electron chi connectivity index (χ4n) is 3.45. The third-order valence-electron chi connectivity index (χ3n) is 5.04. The zero-order valence-corrected chi connectivity index (χ0v) is 20.0. The number of amides is 2. The topological polar surface area (TPSA) is 137 Å². The molecular formula is C23H21N9O2S. The van der Waals surface area contributed by atoms with Crippen LogP contribution in [-0.2, 0) is 7.05 Å². The van der Waals surface area contributed by atoms with Gasteiger partial charge in [-0.15, -0.1) is 21.5 Å². The minimum Gasteiger partial charge on any atom is -0.421 e. The Labute approximate surface area is 204 Å². The number of urea groups is 1. The number of aromatic nitrogens is 7. The van der Waals surface area contributed by atoms with E-state index in [1.54, 1.807) is 42.5 Å². The highest BCUT2D eigenvalue weighted by atomic mass is 32.1. The molecule has 12 heteroatoms. The number of carbonyl (C=O) groups excluding carboxylic acids is 1. The molecule has 5 heterocycles. The van der Waals surface area contributed by atoms with Crippen LogP contribution in [0.4, 0.5) is 10.6 Å². The van der Waals surface area contributed by atoms with Crippen LogP contribution >= 0.6 is 11.3 Å². The largest absolute Gasteiger partial charge is 0.421 e. The number of pyridine rings is 2. The lowest BCUT2D eigenvalue weighted by Crippen LogP contribution is -2.28. The quantitative estimate of drug-likeness (QED) is 0.364. The monoisotopic (exact) mass is 487 g/mol. The van der Waals surface area contributed by atoms with Crippen LogP contribution in [-0.4, -0.2) is 47.5 Å². The zero-order valence-electron chi connectivity index (χ0n) is 19.2. The maximum atomic E-state index is 12.1. The van der Waals surface area contributed by atoms with E-state index in [0.29, 0.717) is 29.7 Å². The normalized spacial score (nSPS) is 10.9. The van der Waals surface area contributed by atoms with Crippen LogP contribution in [0.25, 0.3) is 44.4 Å². The molecule has 0 aliphatic carbocycles. The summed E-state index contributed by atoms with van der Waals surface area (Å²) in [6.45, 7) is 4.09. The van der Waals surface area contributed by atoms with Gasteiger partial charge in [0.1, 0.15) is 10.8 Å². The second-order valence-electron chi connectivity index (χ2n) is 7.63. The van der Waals surface area contributed by atoms with Crippen molar-refractivity contribution < 1.29 is 9.21 Å². The highest BCUT2D eigenvalue weighted by Gasteiger charge is 2.17. The fraction of sp³-hybridized carbons (Fsp3) is 0.174. The van der Waals surface area contributed by atoms with Gasteiger partial charge in [0.2, 0.25) is 11.8 Å². The molecule has 0 atom stereocenters. The first kappa shape index (κ1) is 22.3. The number of rotatable bonds is 6. The Bertz CT molecular complexity index is 1500. The van der Waals surface area contributed by atoms with E-state index in [-0.39, 0.29) is 6.03 Å². The molecule has 0 fully saturated rings. The van der Waals surface area contributed by atoms with Crippen molar-refractivity contribution in [3.05, 3.63) is 54.4 Å². The number of hydrogen-bond acceptors (Lipinski definition) is 9. The molecular weight excluding hydrogens is 466 g/mol. The zero-order chi connectivity index (χ0) is 24.4. The minimum atomic E-state index is -0.329. The van der Waals surface area contributed by atoms with Gasteiger partial charge in [0.15, 0.2) is 0 Å². The number of hydrogen-bond donors (Lipinski definition) is 2. The Hall–Kier alpha value is -4.45. The van der Waals surface area contributed by atoms with Crippen molar-refractivity contribution in [1.82, 2.24) is 40.2 Å². The van der Waals surface area contributed by atoms with Crippen molar-refractivity contribution in [2.45, 2.75) is 13.8 Å². The second kappa shape index (κ2) is 9.43. The fourth-order valence-corrected chi connectivity index (χ4v) is 4.31. The number of carbonyl (C=O) groups is 1. The summed E-state index contributed by atoms with van der Waals surface area (Å²) < 4.78 is 7.30. The van der Waals surface area contributed by atoms with Crippen LogP contribution in [0.1, 0.15) is 12.8 Å². The summed E-state index contributed by atoms with van der Waals surface area (Å²) in [7, 11) is 1.86.